The minimum absolute atomic E-state index is 0.296. The van der Waals surface area contributed by atoms with E-state index < -0.39 is 12.1 Å². The van der Waals surface area contributed by atoms with E-state index >= 15 is 0 Å². The first kappa shape index (κ1) is 17.5. The van der Waals surface area contributed by atoms with E-state index in [9.17, 15) is 9.59 Å². The zero-order chi connectivity index (χ0) is 16.2. The van der Waals surface area contributed by atoms with Crippen LogP contribution in [0.3, 0.4) is 0 Å². The predicted octanol–water partition coefficient (Wildman–Crippen LogP) is 2.88. The van der Waals surface area contributed by atoms with Crippen molar-refractivity contribution >= 4 is 33.5 Å². The molecule has 1 rings (SSSR count). The van der Waals surface area contributed by atoms with Crippen molar-refractivity contribution in [1.82, 2.24) is 5.32 Å². The van der Waals surface area contributed by atoms with Gasteiger partial charge in [-0.1, -0.05) is 13.0 Å². The summed E-state index contributed by atoms with van der Waals surface area (Å²) in [6, 6.07) is 4.91. The van der Waals surface area contributed by atoms with Gasteiger partial charge in [0.25, 0.3) is 5.91 Å². The maximum Gasteiger partial charge on any atom is 0.340 e. The number of nitrogens with two attached hydrogens (primary N) is 1. The van der Waals surface area contributed by atoms with Crippen molar-refractivity contribution < 1.29 is 14.3 Å². The molecule has 0 saturated carbocycles. The Bertz CT molecular complexity index is 544. The highest BCUT2D eigenvalue weighted by Gasteiger charge is 2.25. The van der Waals surface area contributed by atoms with Crippen LogP contribution in [0.5, 0.6) is 0 Å². The number of benzene rings is 1. The van der Waals surface area contributed by atoms with E-state index in [4.69, 9.17) is 10.5 Å². The highest BCUT2D eigenvalue weighted by atomic mass is 79.9. The third kappa shape index (κ3) is 4.74. The highest BCUT2D eigenvalue weighted by Crippen LogP contribution is 2.24. The lowest BCUT2D eigenvalue weighted by Crippen LogP contribution is -2.47. The third-order valence-corrected chi connectivity index (χ3v) is 4.13. The lowest BCUT2D eigenvalue weighted by atomic mass is 10.0. The van der Waals surface area contributed by atoms with Crippen LogP contribution in [-0.4, -0.2) is 23.5 Å². The fourth-order valence-electron chi connectivity index (χ4n) is 1.51. The summed E-state index contributed by atoms with van der Waals surface area (Å²) in [5.41, 5.74) is 6.11. The molecule has 6 heteroatoms. The van der Waals surface area contributed by atoms with Crippen LogP contribution in [0.1, 0.15) is 44.5 Å². The first-order valence-electron chi connectivity index (χ1n) is 6.75. The summed E-state index contributed by atoms with van der Waals surface area (Å²) in [5.74, 6) is -0.915. The van der Waals surface area contributed by atoms with Crippen molar-refractivity contribution in [3.8, 4) is 0 Å². The summed E-state index contributed by atoms with van der Waals surface area (Å²) in [7, 11) is 0. The maximum absolute atomic E-state index is 12.1. The van der Waals surface area contributed by atoms with Gasteiger partial charge >= 0.3 is 5.97 Å². The van der Waals surface area contributed by atoms with Crippen molar-refractivity contribution in [2.24, 2.45) is 0 Å². The van der Waals surface area contributed by atoms with Gasteiger partial charge < -0.3 is 15.8 Å². The van der Waals surface area contributed by atoms with Gasteiger partial charge in [0, 0.05) is 11.2 Å². The second-order valence-electron chi connectivity index (χ2n) is 5.48. The van der Waals surface area contributed by atoms with Gasteiger partial charge in [0.2, 0.25) is 0 Å². The van der Waals surface area contributed by atoms with Crippen molar-refractivity contribution in [1.29, 1.82) is 0 Å². The standard InChI is InChI=1S/C15H21BrN2O3/c1-5-15(3,4)18-13(19)9(2)21-14(20)10-7-6-8-11(17)12(10)16/h6-9H,5,17H2,1-4H3,(H,18,19). The van der Waals surface area contributed by atoms with Gasteiger partial charge in [-0.15, -0.1) is 0 Å². The van der Waals surface area contributed by atoms with Crippen LogP contribution in [0.2, 0.25) is 0 Å². The fourth-order valence-corrected chi connectivity index (χ4v) is 1.93. The van der Waals surface area contributed by atoms with Crippen LogP contribution < -0.4 is 11.1 Å². The molecule has 0 aliphatic carbocycles. The second-order valence-corrected chi connectivity index (χ2v) is 6.28. The van der Waals surface area contributed by atoms with Gasteiger partial charge in [-0.25, -0.2) is 4.79 Å². The van der Waals surface area contributed by atoms with Gasteiger partial charge in [-0.05, 0) is 55.3 Å². The number of ether oxygens (including phenoxy) is 1. The van der Waals surface area contributed by atoms with Crippen LogP contribution in [0.4, 0.5) is 5.69 Å². The van der Waals surface area contributed by atoms with Crippen molar-refractivity contribution in [3.63, 3.8) is 0 Å². The molecule has 0 heterocycles. The molecular formula is C15H21BrN2O3. The molecule has 3 N–H and O–H groups in total. The van der Waals surface area contributed by atoms with Crippen molar-refractivity contribution in [3.05, 3.63) is 28.2 Å². The lowest BCUT2D eigenvalue weighted by Gasteiger charge is -2.26. The quantitative estimate of drug-likeness (QED) is 0.627. The van der Waals surface area contributed by atoms with Crippen LogP contribution in [0.15, 0.2) is 22.7 Å². The van der Waals surface area contributed by atoms with Gasteiger partial charge in [0.05, 0.1) is 10.0 Å². The number of anilines is 1. The molecule has 1 aromatic carbocycles. The first-order valence-corrected chi connectivity index (χ1v) is 7.54. The van der Waals surface area contributed by atoms with E-state index in [0.29, 0.717) is 15.7 Å². The number of nitrogens with one attached hydrogen (secondary N) is 1. The second kappa shape index (κ2) is 6.93. The molecule has 1 atom stereocenters. The van der Waals surface area contributed by atoms with Crippen LogP contribution in [0.25, 0.3) is 0 Å². The number of carbonyl (C=O) groups is 2. The van der Waals surface area contributed by atoms with E-state index in [-0.39, 0.29) is 11.4 Å². The Morgan fingerprint density at radius 1 is 1.43 bits per heavy atom. The number of rotatable bonds is 5. The Hall–Kier alpha value is -1.56. The topological polar surface area (TPSA) is 81.4 Å². The number of nitrogen functional groups attached to an aromatic ring is 1. The monoisotopic (exact) mass is 356 g/mol. The predicted molar refractivity (Wildman–Crippen MR) is 85.9 cm³/mol. The zero-order valence-corrected chi connectivity index (χ0v) is 14.3. The number of hydrogen-bond donors (Lipinski definition) is 2. The third-order valence-electron chi connectivity index (χ3n) is 3.25. The molecule has 5 nitrogen and oxygen atoms in total. The molecule has 0 spiro atoms. The Morgan fingerprint density at radius 2 is 2.05 bits per heavy atom. The number of hydrogen-bond acceptors (Lipinski definition) is 4. The van der Waals surface area contributed by atoms with Crippen LogP contribution >= 0.6 is 15.9 Å². The van der Waals surface area contributed by atoms with Crippen molar-refractivity contribution in [2.45, 2.75) is 45.8 Å². The van der Waals surface area contributed by atoms with E-state index in [1.54, 1.807) is 25.1 Å². The van der Waals surface area contributed by atoms with Crippen molar-refractivity contribution in [2.75, 3.05) is 5.73 Å². The molecule has 0 aliphatic heterocycles. The summed E-state index contributed by atoms with van der Waals surface area (Å²) in [6.45, 7) is 7.34. The van der Waals surface area contributed by atoms with E-state index in [0.717, 1.165) is 6.42 Å². The smallest absolute Gasteiger partial charge is 0.340 e. The number of halogens is 1. The minimum atomic E-state index is -0.878. The highest BCUT2D eigenvalue weighted by molar-refractivity contribution is 9.10. The average molecular weight is 357 g/mol. The molecule has 1 aromatic rings. The van der Waals surface area contributed by atoms with E-state index in [2.05, 4.69) is 21.2 Å². The molecule has 116 valence electrons. The van der Waals surface area contributed by atoms with Gasteiger partial charge in [0.1, 0.15) is 0 Å². The molecule has 0 bridgehead atoms. The van der Waals surface area contributed by atoms with Gasteiger partial charge in [0.15, 0.2) is 6.10 Å². The summed E-state index contributed by atoms with van der Waals surface area (Å²) >= 11 is 3.24. The zero-order valence-electron chi connectivity index (χ0n) is 12.7. The molecule has 0 aliphatic rings. The molecular weight excluding hydrogens is 336 g/mol. The Labute approximate surface area is 133 Å². The fraction of sp³-hybridized carbons (Fsp3) is 0.467. The Morgan fingerprint density at radius 3 is 2.62 bits per heavy atom. The van der Waals surface area contributed by atoms with Gasteiger partial charge in [-0.2, -0.15) is 0 Å². The molecule has 1 amide bonds. The van der Waals surface area contributed by atoms with E-state index in [1.807, 2.05) is 20.8 Å². The molecule has 0 fully saturated rings. The minimum Gasteiger partial charge on any atom is -0.449 e. The molecule has 0 saturated heterocycles. The number of esters is 1. The maximum atomic E-state index is 12.1. The summed E-state index contributed by atoms with van der Waals surface area (Å²) in [4.78, 5) is 24.1. The molecule has 0 aromatic heterocycles. The number of amides is 1. The van der Waals surface area contributed by atoms with Gasteiger partial charge in [-0.3, -0.25) is 4.79 Å². The summed E-state index contributed by atoms with van der Waals surface area (Å²) < 4.78 is 5.66. The van der Waals surface area contributed by atoms with Crippen LogP contribution in [0, 0.1) is 0 Å². The van der Waals surface area contributed by atoms with E-state index in [1.165, 1.54) is 0 Å². The molecule has 21 heavy (non-hydrogen) atoms. The molecule has 0 radical (unpaired) electrons. The average Bonchev–Trinajstić information content (AvgIpc) is 2.41. The largest absolute Gasteiger partial charge is 0.449 e. The first-order chi connectivity index (χ1) is 9.68. The Balaban J connectivity index is 2.74. The number of carbonyl (C=O) groups excluding carboxylic acids is 2. The van der Waals surface area contributed by atoms with Crippen LogP contribution in [-0.2, 0) is 9.53 Å². The SMILES string of the molecule is CCC(C)(C)NC(=O)C(C)OC(=O)c1cccc(N)c1Br. The Kier molecular flexibility index (Phi) is 5.78. The normalized spacial score (nSPS) is 12.6. The summed E-state index contributed by atoms with van der Waals surface area (Å²) in [5, 5.41) is 2.84. The summed E-state index contributed by atoms with van der Waals surface area (Å²) in [6.07, 6.45) is -0.100. The molecule has 1 unspecified atom stereocenters. The lowest BCUT2D eigenvalue weighted by molar-refractivity contribution is -0.130.